The number of amides is 2. The lowest BCUT2D eigenvalue weighted by Gasteiger charge is -2.30. The van der Waals surface area contributed by atoms with E-state index in [9.17, 15) is 57.9 Å². The molecule has 75 heavy (non-hydrogen) atoms. The second kappa shape index (κ2) is 34.2. The van der Waals surface area contributed by atoms with E-state index in [0.717, 1.165) is 86.8 Å². The fraction of sp³-hybridized carbons (Fsp3) is 0.617. The minimum atomic E-state index is -5.58. The Morgan fingerprint density at radius 2 is 1.40 bits per heavy atom. The number of nitrogen functional groups attached to an aromatic ring is 1. The van der Waals surface area contributed by atoms with Crippen LogP contribution in [0.25, 0.3) is 11.2 Å². The van der Waals surface area contributed by atoms with Crippen molar-refractivity contribution in [3.8, 4) is 0 Å². The Bertz CT molecular complexity index is 2380. The molecule has 0 bridgehead atoms. The summed E-state index contributed by atoms with van der Waals surface area (Å²) in [5.41, 5.74) is 4.28. The van der Waals surface area contributed by atoms with E-state index < -0.39 is 84.6 Å². The number of carbonyl (C=O) groups excluding carboxylic acids is 3. The molecule has 1 saturated heterocycles. The second-order valence-corrected chi connectivity index (χ2v) is 23.4. The first-order valence-corrected chi connectivity index (χ1v) is 30.4. The minimum absolute atomic E-state index is 0.0310. The van der Waals surface area contributed by atoms with Crippen LogP contribution in [0.15, 0.2) is 73.4 Å². The summed E-state index contributed by atoms with van der Waals surface area (Å²) in [7, 11) is -16.4. The number of nitrogens with zero attached hydrogens (tertiary/aromatic N) is 4. The van der Waals surface area contributed by atoms with Gasteiger partial charge >= 0.3 is 23.5 Å². The van der Waals surface area contributed by atoms with Gasteiger partial charge in [0, 0.05) is 37.1 Å². The van der Waals surface area contributed by atoms with Gasteiger partial charge in [-0.25, -0.2) is 28.6 Å². The molecule has 2 aromatic heterocycles. The molecule has 10 N–H and O–H groups in total. The lowest BCUT2D eigenvalue weighted by atomic mass is 9.87. The fourth-order valence-corrected chi connectivity index (χ4v) is 10.6. The summed E-state index contributed by atoms with van der Waals surface area (Å²) in [5.74, 6) is -1.06. The number of nitrogens with one attached hydrogen (secondary N) is 2. The number of fused-ring (bicyclic) bond motifs is 1. The Balaban J connectivity index is 1.24. The van der Waals surface area contributed by atoms with Gasteiger partial charge in [-0.3, -0.25) is 32.5 Å². The Morgan fingerprint density at radius 3 is 2.01 bits per heavy atom. The third-order valence-electron chi connectivity index (χ3n) is 11.2. The summed E-state index contributed by atoms with van der Waals surface area (Å²) < 4.78 is 62.5. The molecule has 1 fully saturated rings. The van der Waals surface area contributed by atoms with E-state index in [1.54, 1.807) is 0 Å². The van der Waals surface area contributed by atoms with Crippen molar-refractivity contribution in [2.45, 2.75) is 148 Å². The number of aromatic nitrogens is 4. The number of allylic oxidation sites excluding steroid dienone is 10. The summed E-state index contributed by atoms with van der Waals surface area (Å²) in [6, 6.07) is 0. The largest absolute Gasteiger partial charge is 0.481 e. The first-order chi connectivity index (χ1) is 35.6. The molecule has 1 aliphatic heterocycles. The smallest absolute Gasteiger partial charge is 0.386 e. The van der Waals surface area contributed by atoms with Gasteiger partial charge < -0.3 is 50.9 Å². The van der Waals surface area contributed by atoms with Crippen LogP contribution in [0.4, 0.5) is 5.82 Å². The molecule has 1 aliphatic rings. The predicted molar refractivity (Wildman–Crippen MR) is 283 cm³/mol. The van der Waals surface area contributed by atoms with Crippen LogP contribution >= 0.6 is 35.2 Å². The highest BCUT2D eigenvalue weighted by Crippen LogP contribution is 2.61. The average molecular weight is 1140 g/mol. The van der Waals surface area contributed by atoms with Gasteiger partial charge in [0.1, 0.15) is 36.3 Å². The molecule has 0 spiro atoms. The molecule has 0 radical (unpaired) electrons. The molecule has 0 saturated carbocycles. The highest BCUT2D eigenvalue weighted by molar-refractivity contribution is 8.13. The number of carbonyl (C=O) groups is 3. The van der Waals surface area contributed by atoms with Crippen LogP contribution in [0, 0.1) is 5.41 Å². The van der Waals surface area contributed by atoms with E-state index in [-0.39, 0.29) is 41.6 Å². The molecular formula is C47H76N7O17P3S. The number of imidazole rings is 1. The Morgan fingerprint density at radius 1 is 0.813 bits per heavy atom. The van der Waals surface area contributed by atoms with Gasteiger partial charge in [-0.15, -0.1) is 0 Å². The highest BCUT2D eigenvalue weighted by atomic mass is 32.2. The topological polar surface area (TPSA) is 364 Å². The normalized spacial score (nSPS) is 19.7. The minimum Gasteiger partial charge on any atom is -0.386 e. The van der Waals surface area contributed by atoms with E-state index in [1.807, 2.05) is 0 Å². The maximum atomic E-state index is 12.8. The summed E-state index contributed by atoms with van der Waals surface area (Å²) in [5, 5.41) is 26.7. The van der Waals surface area contributed by atoms with Crippen molar-refractivity contribution in [3.63, 3.8) is 0 Å². The molecule has 3 heterocycles. The average Bonchev–Trinajstić information content (AvgIpc) is 3.91. The molecule has 0 aromatic carbocycles. The number of hydrogen-bond acceptors (Lipinski definition) is 18. The SMILES string of the molecule is CCCCCC=CCC=CCC=CCC=CCC=CCCCCCCC(=O)SCCNC(=O)CCNC(=O)C(O)C(C)(C)COP(=O)(O)OP(=O)(O)OCC1OC(n2cnc3c(N)ncnc32)C(O)C1OP(=O)(O)O. The molecule has 2 amide bonds. The van der Waals surface area contributed by atoms with Gasteiger partial charge in [0.05, 0.1) is 19.5 Å². The van der Waals surface area contributed by atoms with E-state index in [0.29, 0.717) is 12.2 Å². The number of rotatable bonds is 38. The van der Waals surface area contributed by atoms with Crippen molar-refractivity contribution in [1.82, 2.24) is 30.2 Å². The van der Waals surface area contributed by atoms with Crippen molar-refractivity contribution in [1.29, 1.82) is 0 Å². The molecule has 7 atom stereocenters. The maximum absolute atomic E-state index is 12.8. The third-order valence-corrected chi connectivity index (χ3v) is 15.2. The van der Waals surface area contributed by atoms with Crippen LogP contribution in [0.1, 0.15) is 123 Å². The number of phosphoric ester groups is 3. The fourth-order valence-electron chi connectivity index (χ4n) is 7.08. The first kappa shape index (κ1) is 65.5. The van der Waals surface area contributed by atoms with Crippen LogP contribution in [0.5, 0.6) is 0 Å². The number of aliphatic hydroxyl groups excluding tert-OH is 2. The zero-order valence-electron chi connectivity index (χ0n) is 42.7. The van der Waals surface area contributed by atoms with Crippen LogP contribution in [-0.4, -0.2) is 123 Å². The molecular weight excluding hydrogens is 1060 g/mol. The standard InChI is InChI=1S/C47H76N7O17P3S/c1-4-5-6-7-8-9-10-11-12-13-14-15-16-17-18-19-20-21-22-23-24-25-26-27-38(56)75-31-30-49-37(55)28-29-50-45(59)42(58)47(2,3)33-68-74(65,66)71-73(63,64)67-32-36-41(70-72(60,61)62)40(57)46(69-36)54-35-53-39-43(48)51-34-52-44(39)54/h8-9,11-12,14-15,17-18,20-21,34-36,40-42,46,57-58H,4-7,10,13,16,19,22-33H2,1-3H3,(H,49,55)(H,50,59)(H,63,64)(H,65,66)(H2,48,51,52)(H2,60,61,62). The summed E-state index contributed by atoms with van der Waals surface area (Å²) >= 11 is 1.14. The number of thioether (sulfide) groups is 1. The summed E-state index contributed by atoms with van der Waals surface area (Å²) in [6.07, 6.45) is 29.2. The van der Waals surface area contributed by atoms with E-state index in [4.69, 9.17) is 19.5 Å². The summed E-state index contributed by atoms with van der Waals surface area (Å²) in [4.78, 5) is 88.6. The summed E-state index contributed by atoms with van der Waals surface area (Å²) in [6.45, 7) is 2.75. The van der Waals surface area contributed by atoms with Gasteiger partial charge in [0.25, 0.3) is 0 Å². The molecule has 24 nitrogen and oxygen atoms in total. The lowest BCUT2D eigenvalue weighted by Crippen LogP contribution is -2.46. The number of phosphoric acid groups is 3. The number of ether oxygens (including phenoxy) is 1. The van der Waals surface area contributed by atoms with Crippen LogP contribution in [0.3, 0.4) is 0 Å². The number of nitrogens with two attached hydrogens (primary N) is 1. The zero-order valence-corrected chi connectivity index (χ0v) is 46.2. The molecule has 422 valence electrons. The molecule has 3 rings (SSSR count). The van der Waals surface area contributed by atoms with Crippen LogP contribution in [-0.2, 0) is 50.7 Å². The van der Waals surface area contributed by atoms with Gasteiger partial charge in [-0.1, -0.05) is 119 Å². The van der Waals surface area contributed by atoms with Crippen molar-refractivity contribution in [3.05, 3.63) is 73.4 Å². The van der Waals surface area contributed by atoms with Gasteiger partial charge in [-0.05, 0) is 57.8 Å². The number of aliphatic hydroxyl groups is 2. The van der Waals surface area contributed by atoms with Crippen molar-refractivity contribution < 1.29 is 80.5 Å². The van der Waals surface area contributed by atoms with Crippen LogP contribution < -0.4 is 16.4 Å². The van der Waals surface area contributed by atoms with Crippen molar-refractivity contribution >= 4 is 69.1 Å². The first-order valence-electron chi connectivity index (χ1n) is 24.9. The maximum Gasteiger partial charge on any atom is 0.481 e. The Labute approximate surface area is 442 Å². The molecule has 2 aromatic rings. The highest BCUT2D eigenvalue weighted by Gasteiger charge is 2.50. The predicted octanol–water partition coefficient (Wildman–Crippen LogP) is 6.93. The zero-order chi connectivity index (χ0) is 55.3. The van der Waals surface area contributed by atoms with E-state index in [1.165, 1.54) is 39.5 Å². The van der Waals surface area contributed by atoms with E-state index in [2.05, 4.69) is 102 Å². The van der Waals surface area contributed by atoms with Gasteiger partial charge in [-0.2, -0.15) is 4.31 Å². The Hall–Kier alpha value is -3.74. The number of anilines is 1. The molecule has 0 aliphatic carbocycles. The van der Waals surface area contributed by atoms with Gasteiger partial charge in [0.15, 0.2) is 22.8 Å². The Kier molecular flexibility index (Phi) is 29.9. The van der Waals surface area contributed by atoms with Crippen molar-refractivity contribution in [2.75, 3.05) is 37.8 Å². The van der Waals surface area contributed by atoms with Crippen molar-refractivity contribution in [2.24, 2.45) is 5.41 Å². The molecule has 7 unspecified atom stereocenters. The second-order valence-electron chi connectivity index (χ2n) is 18.0. The number of hydrogen-bond donors (Lipinski definition) is 9. The monoisotopic (exact) mass is 1140 g/mol. The quantitative estimate of drug-likeness (QED) is 0.0187. The molecule has 28 heteroatoms. The lowest BCUT2D eigenvalue weighted by molar-refractivity contribution is -0.137. The van der Waals surface area contributed by atoms with E-state index >= 15 is 0 Å². The number of unbranched alkanes of at least 4 members (excludes halogenated alkanes) is 7. The van der Waals surface area contributed by atoms with Gasteiger partial charge in [0.2, 0.25) is 11.8 Å². The third kappa shape index (κ3) is 26.4. The van der Waals surface area contributed by atoms with Crippen LogP contribution in [0.2, 0.25) is 0 Å².